The number of aliphatic hydroxyl groups is 1. The highest BCUT2D eigenvalue weighted by molar-refractivity contribution is 5.24. The number of hydrogen-bond donors (Lipinski definition) is 1. The van der Waals surface area contributed by atoms with Crippen molar-refractivity contribution in [2.75, 3.05) is 20.1 Å². The number of likely N-dealkylation sites (N-methyl/N-ethyl adjacent to an activating group) is 1. The monoisotopic (exact) mass is 261 g/mol. The molecule has 0 aliphatic heterocycles. The van der Waals surface area contributed by atoms with E-state index in [2.05, 4.69) is 50.1 Å². The third-order valence-corrected chi connectivity index (χ3v) is 3.76. The average Bonchev–Trinajstić information content (AvgIpc) is 3.12. The van der Waals surface area contributed by atoms with Crippen LogP contribution in [-0.4, -0.2) is 30.1 Å². The Morgan fingerprint density at radius 3 is 2.37 bits per heavy atom. The fraction of sp³-hybridized carbons (Fsp3) is 0.647. The number of nitrogens with zero attached hydrogens (tertiary/aromatic N) is 1. The Balaban J connectivity index is 1.85. The summed E-state index contributed by atoms with van der Waals surface area (Å²) in [6.07, 6.45) is 3.48. The molecule has 0 aromatic heterocycles. The van der Waals surface area contributed by atoms with Gasteiger partial charge in [0.2, 0.25) is 0 Å². The first kappa shape index (κ1) is 14.5. The Labute approximate surface area is 117 Å². The quantitative estimate of drug-likeness (QED) is 0.814. The van der Waals surface area contributed by atoms with Crippen LogP contribution in [0.4, 0.5) is 0 Å². The lowest BCUT2D eigenvalue weighted by atomic mass is 10.00. The van der Waals surface area contributed by atoms with Crippen molar-refractivity contribution in [3.05, 3.63) is 35.4 Å². The maximum Gasteiger partial charge on any atom is 0.0916 e. The Kier molecular flexibility index (Phi) is 5.00. The van der Waals surface area contributed by atoms with E-state index < -0.39 is 0 Å². The van der Waals surface area contributed by atoms with Crippen LogP contribution in [0.15, 0.2) is 24.3 Å². The fourth-order valence-electron chi connectivity index (χ4n) is 2.56. The Morgan fingerprint density at radius 1 is 1.21 bits per heavy atom. The summed E-state index contributed by atoms with van der Waals surface area (Å²) in [5.74, 6) is 1.56. The van der Waals surface area contributed by atoms with Gasteiger partial charge in [-0.15, -0.1) is 0 Å². The molecule has 0 bridgehead atoms. The molecule has 0 heterocycles. The molecule has 19 heavy (non-hydrogen) atoms. The zero-order valence-electron chi connectivity index (χ0n) is 12.5. The highest BCUT2D eigenvalue weighted by Crippen LogP contribution is 2.29. The first-order chi connectivity index (χ1) is 9.04. The Bertz CT molecular complexity index is 381. The molecule has 2 rings (SSSR count). The van der Waals surface area contributed by atoms with Crippen LogP contribution in [0.1, 0.15) is 43.9 Å². The molecule has 2 heteroatoms. The van der Waals surface area contributed by atoms with Crippen LogP contribution < -0.4 is 0 Å². The van der Waals surface area contributed by atoms with Gasteiger partial charge in [-0.05, 0) is 49.3 Å². The van der Waals surface area contributed by atoms with Crippen molar-refractivity contribution in [3.63, 3.8) is 0 Å². The molecule has 1 saturated carbocycles. The summed E-state index contributed by atoms with van der Waals surface area (Å²) in [5, 5.41) is 10.3. The molecule has 0 spiro atoms. The molecule has 1 unspecified atom stereocenters. The summed E-state index contributed by atoms with van der Waals surface area (Å²) in [4.78, 5) is 2.25. The predicted molar refractivity (Wildman–Crippen MR) is 80.2 cm³/mol. The zero-order chi connectivity index (χ0) is 13.8. The minimum atomic E-state index is -0.364. The van der Waals surface area contributed by atoms with Crippen LogP contribution in [-0.2, 0) is 6.42 Å². The standard InChI is InChI=1S/C17H27NO/c1-13(2)10-14-6-8-16(9-7-14)17(19)12-18(3)11-15-4-5-15/h6-9,13,15,17,19H,4-5,10-12H2,1-3H3. The number of hydrogen-bond acceptors (Lipinski definition) is 2. The summed E-state index contributed by atoms with van der Waals surface area (Å²) < 4.78 is 0. The van der Waals surface area contributed by atoms with Crippen molar-refractivity contribution < 1.29 is 5.11 Å². The van der Waals surface area contributed by atoms with Gasteiger partial charge in [0.05, 0.1) is 6.10 Å². The SMILES string of the molecule is CC(C)Cc1ccc(C(O)CN(C)CC2CC2)cc1. The first-order valence-electron chi connectivity index (χ1n) is 7.50. The summed E-state index contributed by atoms with van der Waals surface area (Å²) in [6, 6.07) is 8.46. The van der Waals surface area contributed by atoms with Crippen LogP contribution >= 0.6 is 0 Å². The maximum atomic E-state index is 10.3. The van der Waals surface area contributed by atoms with Crippen molar-refractivity contribution in [2.24, 2.45) is 11.8 Å². The summed E-state index contributed by atoms with van der Waals surface area (Å²) >= 11 is 0. The van der Waals surface area contributed by atoms with Gasteiger partial charge in [0.15, 0.2) is 0 Å². The minimum absolute atomic E-state index is 0.364. The molecule has 2 nitrogen and oxygen atoms in total. The lowest BCUT2D eigenvalue weighted by Gasteiger charge is -2.20. The van der Waals surface area contributed by atoms with Crippen LogP contribution in [0.2, 0.25) is 0 Å². The fourth-order valence-corrected chi connectivity index (χ4v) is 2.56. The molecule has 0 radical (unpaired) electrons. The van der Waals surface area contributed by atoms with E-state index in [0.29, 0.717) is 5.92 Å². The zero-order valence-corrected chi connectivity index (χ0v) is 12.5. The molecule has 106 valence electrons. The topological polar surface area (TPSA) is 23.5 Å². The second-order valence-electron chi connectivity index (χ2n) is 6.52. The second kappa shape index (κ2) is 6.53. The van der Waals surface area contributed by atoms with Gasteiger partial charge >= 0.3 is 0 Å². The summed E-state index contributed by atoms with van der Waals surface area (Å²) in [5.41, 5.74) is 2.40. The van der Waals surface area contributed by atoms with Gasteiger partial charge in [0, 0.05) is 13.1 Å². The van der Waals surface area contributed by atoms with Gasteiger partial charge in [-0.25, -0.2) is 0 Å². The molecule has 0 amide bonds. The molecule has 1 N–H and O–H groups in total. The first-order valence-corrected chi connectivity index (χ1v) is 7.50. The minimum Gasteiger partial charge on any atom is -0.387 e. The van der Waals surface area contributed by atoms with Crippen molar-refractivity contribution in [1.29, 1.82) is 0 Å². The molecule has 1 aliphatic rings. The highest BCUT2D eigenvalue weighted by atomic mass is 16.3. The molecule has 1 atom stereocenters. The summed E-state index contributed by atoms with van der Waals surface area (Å²) in [7, 11) is 2.11. The Hall–Kier alpha value is -0.860. The summed E-state index contributed by atoms with van der Waals surface area (Å²) in [6.45, 7) is 6.33. The van der Waals surface area contributed by atoms with E-state index in [1.54, 1.807) is 0 Å². The van der Waals surface area contributed by atoms with E-state index in [-0.39, 0.29) is 6.10 Å². The van der Waals surface area contributed by atoms with E-state index in [0.717, 1.165) is 31.0 Å². The molecule has 0 saturated heterocycles. The van der Waals surface area contributed by atoms with E-state index >= 15 is 0 Å². The van der Waals surface area contributed by atoms with Gasteiger partial charge in [-0.1, -0.05) is 38.1 Å². The van der Waals surface area contributed by atoms with E-state index in [9.17, 15) is 5.11 Å². The molecule has 1 aromatic rings. The normalized spacial score (nSPS) is 17.2. The third kappa shape index (κ3) is 4.96. The van der Waals surface area contributed by atoms with E-state index in [4.69, 9.17) is 0 Å². The van der Waals surface area contributed by atoms with Gasteiger partial charge in [-0.2, -0.15) is 0 Å². The van der Waals surface area contributed by atoms with Crippen molar-refractivity contribution in [2.45, 2.75) is 39.2 Å². The van der Waals surface area contributed by atoms with Crippen LogP contribution in [0.3, 0.4) is 0 Å². The number of rotatable bonds is 7. The largest absolute Gasteiger partial charge is 0.387 e. The van der Waals surface area contributed by atoms with Gasteiger partial charge in [0.1, 0.15) is 0 Å². The molecular weight excluding hydrogens is 234 g/mol. The van der Waals surface area contributed by atoms with E-state index in [1.807, 2.05) is 0 Å². The smallest absolute Gasteiger partial charge is 0.0916 e. The highest BCUT2D eigenvalue weighted by Gasteiger charge is 2.23. The molecule has 1 fully saturated rings. The van der Waals surface area contributed by atoms with Gasteiger partial charge in [0.25, 0.3) is 0 Å². The molecule has 1 aliphatic carbocycles. The lowest BCUT2D eigenvalue weighted by molar-refractivity contribution is 0.124. The maximum absolute atomic E-state index is 10.3. The second-order valence-corrected chi connectivity index (χ2v) is 6.52. The molecule has 1 aromatic carbocycles. The Morgan fingerprint density at radius 2 is 1.84 bits per heavy atom. The number of benzene rings is 1. The average molecular weight is 261 g/mol. The predicted octanol–water partition coefficient (Wildman–Crippen LogP) is 3.26. The molecular formula is C17H27NO. The van der Waals surface area contributed by atoms with E-state index in [1.165, 1.54) is 18.4 Å². The van der Waals surface area contributed by atoms with Crippen LogP contribution in [0.25, 0.3) is 0 Å². The van der Waals surface area contributed by atoms with Crippen LogP contribution in [0.5, 0.6) is 0 Å². The van der Waals surface area contributed by atoms with Crippen molar-refractivity contribution in [3.8, 4) is 0 Å². The lowest BCUT2D eigenvalue weighted by Crippen LogP contribution is -2.26. The van der Waals surface area contributed by atoms with Gasteiger partial charge in [-0.3, -0.25) is 0 Å². The van der Waals surface area contributed by atoms with Crippen molar-refractivity contribution in [1.82, 2.24) is 4.90 Å². The third-order valence-electron chi connectivity index (χ3n) is 3.76. The number of aliphatic hydroxyl groups excluding tert-OH is 1. The van der Waals surface area contributed by atoms with Crippen molar-refractivity contribution >= 4 is 0 Å². The van der Waals surface area contributed by atoms with Gasteiger partial charge < -0.3 is 10.0 Å². The van der Waals surface area contributed by atoms with Crippen LogP contribution in [0, 0.1) is 11.8 Å².